The van der Waals surface area contributed by atoms with Gasteiger partial charge in [0.2, 0.25) is 5.91 Å². The largest absolute Gasteiger partial charge is 0.494 e. The van der Waals surface area contributed by atoms with Gasteiger partial charge in [-0.25, -0.2) is 0 Å². The van der Waals surface area contributed by atoms with Crippen molar-refractivity contribution in [2.45, 2.75) is 58.1 Å². The maximum atomic E-state index is 11.7. The number of amides is 1. The summed E-state index contributed by atoms with van der Waals surface area (Å²) in [7, 11) is 0. The maximum absolute atomic E-state index is 11.7. The monoisotopic (exact) mass is 500 g/mol. The van der Waals surface area contributed by atoms with Gasteiger partial charge in [-0.1, -0.05) is 23.7 Å². The molecule has 0 aromatic heterocycles. The Morgan fingerprint density at radius 1 is 1.06 bits per heavy atom. The van der Waals surface area contributed by atoms with Crippen LogP contribution in [0.5, 0.6) is 11.5 Å². The number of carbonyl (C=O) groups is 1. The highest BCUT2D eigenvalue weighted by atomic mass is 35.5. The number of piperidine rings is 1. The summed E-state index contributed by atoms with van der Waals surface area (Å²) in [4.78, 5) is 15.9. The first-order chi connectivity index (χ1) is 16.8. The zero-order valence-corrected chi connectivity index (χ0v) is 21.6. The van der Waals surface area contributed by atoms with E-state index in [1.54, 1.807) is 0 Å². The molecule has 0 bridgehead atoms. The Labute approximate surface area is 213 Å². The summed E-state index contributed by atoms with van der Waals surface area (Å²) in [5, 5.41) is 12.0. The molecule has 6 nitrogen and oxygen atoms in total. The van der Waals surface area contributed by atoms with Gasteiger partial charge in [0.1, 0.15) is 23.7 Å². The van der Waals surface area contributed by atoms with Gasteiger partial charge in [-0.15, -0.1) is 0 Å². The van der Waals surface area contributed by atoms with Crippen LogP contribution in [0.25, 0.3) is 0 Å². The van der Waals surface area contributed by atoms with Crippen LogP contribution in [0.4, 0.5) is 0 Å². The van der Waals surface area contributed by atoms with Gasteiger partial charge in [-0.05, 0) is 87.0 Å². The van der Waals surface area contributed by atoms with Crippen LogP contribution >= 0.6 is 11.6 Å². The van der Waals surface area contributed by atoms with Gasteiger partial charge in [0.05, 0.1) is 6.61 Å². The zero-order chi connectivity index (χ0) is 24.8. The number of hydrogen-bond donors (Lipinski definition) is 1. The Hall–Kier alpha value is -2.28. The van der Waals surface area contributed by atoms with Crippen LogP contribution in [0.2, 0.25) is 5.02 Å². The Morgan fingerprint density at radius 2 is 1.86 bits per heavy atom. The quantitative estimate of drug-likeness (QED) is 0.477. The Bertz CT molecular complexity index is 1010. The summed E-state index contributed by atoms with van der Waals surface area (Å²) in [6.45, 7) is 8.68. The molecule has 0 spiro atoms. The Kier molecular flexibility index (Phi) is 8.58. The highest BCUT2D eigenvalue weighted by molar-refractivity contribution is 6.32. The second-order valence-electron chi connectivity index (χ2n) is 10.0. The molecule has 1 atom stereocenters. The molecule has 4 rings (SSSR count). The zero-order valence-electron chi connectivity index (χ0n) is 20.9. The van der Waals surface area contributed by atoms with Crippen LogP contribution in [-0.4, -0.2) is 65.8 Å². The standard InChI is InChI=1S/C28H37ClN2O4/c1-21-15-25(16-22(2)27(21)29)35-20-28(33)10-5-11-30(19-28)18-23-7-3-8-24(17-23)34-14-6-13-31-12-4-9-26(31)32/h3,7-8,15-17,33H,4-6,9-14,18-20H2,1-2H3. The van der Waals surface area contributed by atoms with Crippen molar-refractivity contribution < 1.29 is 19.4 Å². The fourth-order valence-corrected chi connectivity index (χ4v) is 5.15. The summed E-state index contributed by atoms with van der Waals surface area (Å²) in [6, 6.07) is 12.0. The minimum Gasteiger partial charge on any atom is -0.494 e. The topological polar surface area (TPSA) is 62.2 Å². The molecule has 1 amide bonds. The molecule has 2 aliphatic heterocycles. The third-order valence-corrected chi connectivity index (χ3v) is 7.47. The molecule has 0 saturated carbocycles. The number of β-amino-alcohol motifs (C(OH)–C–C–N with tert-alkyl or cyclic N) is 1. The fraction of sp³-hybridized carbons (Fsp3) is 0.536. The number of likely N-dealkylation sites (tertiary alicyclic amines) is 2. The third-order valence-electron chi connectivity index (χ3n) is 6.87. The smallest absolute Gasteiger partial charge is 0.222 e. The lowest BCUT2D eigenvalue weighted by Crippen LogP contribution is -2.51. The van der Waals surface area contributed by atoms with E-state index in [9.17, 15) is 9.90 Å². The van der Waals surface area contributed by atoms with Crippen molar-refractivity contribution in [2.75, 3.05) is 39.4 Å². The molecule has 2 saturated heterocycles. The van der Waals surface area contributed by atoms with Crippen LogP contribution in [0.3, 0.4) is 0 Å². The predicted molar refractivity (Wildman–Crippen MR) is 138 cm³/mol. The van der Waals surface area contributed by atoms with Crippen molar-refractivity contribution in [1.82, 2.24) is 9.80 Å². The van der Waals surface area contributed by atoms with E-state index in [1.807, 2.05) is 43.0 Å². The molecule has 1 N–H and O–H groups in total. The van der Waals surface area contributed by atoms with E-state index in [-0.39, 0.29) is 12.5 Å². The van der Waals surface area contributed by atoms with Gasteiger partial charge in [0.25, 0.3) is 0 Å². The molecule has 2 aromatic rings. The molecule has 0 aliphatic carbocycles. The maximum Gasteiger partial charge on any atom is 0.222 e. The van der Waals surface area contributed by atoms with Crippen LogP contribution in [-0.2, 0) is 11.3 Å². The number of aryl methyl sites for hydroxylation is 2. The van der Waals surface area contributed by atoms with E-state index in [0.29, 0.717) is 19.6 Å². The van der Waals surface area contributed by atoms with Crippen molar-refractivity contribution in [3.05, 3.63) is 58.1 Å². The number of rotatable bonds is 10. The van der Waals surface area contributed by atoms with Gasteiger partial charge in [0.15, 0.2) is 0 Å². The number of aliphatic hydroxyl groups is 1. The summed E-state index contributed by atoms with van der Waals surface area (Å²) >= 11 is 6.27. The van der Waals surface area contributed by atoms with E-state index in [1.165, 1.54) is 0 Å². The third kappa shape index (κ3) is 7.12. The lowest BCUT2D eigenvalue weighted by Gasteiger charge is -2.39. The van der Waals surface area contributed by atoms with Crippen LogP contribution in [0, 0.1) is 13.8 Å². The van der Waals surface area contributed by atoms with Crippen LogP contribution < -0.4 is 9.47 Å². The second-order valence-corrected chi connectivity index (χ2v) is 10.4. The fourth-order valence-electron chi connectivity index (χ4n) is 5.04. The molecule has 2 heterocycles. The van der Waals surface area contributed by atoms with Gasteiger partial charge in [0, 0.05) is 37.6 Å². The first-order valence-corrected chi connectivity index (χ1v) is 13.0. The van der Waals surface area contributed by atoms with E-state index in [4.69, 9.17) is 21.1 Å². The van der Waals surface area contributed by atoms with Crippen molar-refractivity contribution in [1.29, 1.82) is 0 Å². The number of hydrogen-bond acceptors (Lipinski definition) is 5. The van der Waals surface area contributed by atoms with Crippen molar-refractivity contribution in [3.8, 4) is 11.5 Å². The average molecular weight is 501 g/mol. The van der Waals surface area contributed by atoms with Gasteiger partial charge >= 0.3 is 0 Å². The SMILES string of the molecule is Cc1cc(OCC2(O)CCCN(Cc3cccc(OCCCN4CCCC4=O)c3)C2)cc(C)c1Cl. The average Bonchev–Trinajstić information content (AvgIpc) is 3.24. The molecular formula is C28H37ClN2O4. The summed E-state index contributed by atoms with van der Waals surface area (Å²) < 4.78 is 12.0. The summed E-state index contributed by atoms with van der Waals surface area (Å²) in [5.74, 6) is 1.85. The molecule has 2 aromatic carbocycles. The molecule has 0 radical (unpaired) electrons. The van der Waals surface area contributed by atoms with Crippen molar-refractivity contribution in [3.63, 3.8) is 0 Å². The molecule has 1 unspecified atom stereocenters. The number of carbonyl (C=O) groups excluding carboxylic acids is 1. The van der Waals surface area contributed by atoms with Gasteiger partial charge in [-0.3, -0.25) is 9.69 Å². The molecular weight excluding hydrogens is 464 g/mol. The molecule has 7 heteroatoms. The summed E-state index contributed by atoms with van der Waals surface area (Å²) in [6.07, 6.45) is 4.13. The lowest BCUT2D eigenvalue weighted by molar-refractivity contribution is -0.127. The number of ether oxygens (including phenoxy) is 2. The highest BCUT2D eigenvalue weighted by Gasteiger charge is 2.34. The lowest BCUT2D eigenvalue weighted by atomic mass is 9.93. The molecule has 2 fully saturated rings. The van der Waals surface area contributed by atoms with E-state index < -0.39 is 5.60 Å². The Morgan fingerprint density at radius 3 is 2.60 bits per heavy atom. The molecule has 2 aliphatic rings. The van der Waals surface area contributed by atoms with E-state index in [0.717, 1.165) is 85.1 Å². The number of halogens is 1. The van der Waals surface area contributed by atoms with E-state index >= 15 is 0 Å². The van der Waals surface area contributed by atoms with Crippen LogP contribution in [0.1, 0.15) is 48.8 Å². The predicted octanol–water partition coefficient (Wildman–Crippen LogP) is 4.75. The normalized spacial score (nSPS) is 20.9. The van der Waals surface area contributed by atoms with E-state index in [2.05, 4.69) is 17.0 Å². The minimum absolute atomic E-state index is 0.257. The summed E-state index contributed by atoms with van der Waals surface area (Å²) in [5.41, 5.74) is 2.23. The minimum atomic E-state index is -0.888. The molecule has 35 heavy (non-hydrogen) atoms. The first kappa shape index (κ1) is 25.8. The van der Waals surface area contributed by atoms with Crippen molar-refractivity contribution in [2.24, 2.45) is 0 Å². The number of benzene rings is 2. The second kappa shape index (κ2) is 11.6. The van der Waals surface area contributed by atoms with Crippen LogP contribution in [0.15, 0.2) is 36.4 Å². The van der Waals surface area contributed by atoms with Gasteiger partial charge < -0.3 is 19.5 Å². The van der Waals surface area contributed by atoms with Gasteiger partial charge in [-0.2, -0.15) is 0 Å². The highest BCUT2D eigenvalue weighted by Crippen LogP contribution is 2.28. The number of nitrogens with zero attached hydrogens (tertiary/aromatic N) is 2. The first-order valence-electron chi connectivity index (χ1n) is 12.7. The molecule has 190 valence electrons. The Balaban J connectivity index is 1.26. The van der Waals surface area contributed by atoms with Crippen molar-refractivity contribution >= 4 is 17.5 Å².